The van der Waals surface area contributed by atoms with Gasteiger partial charge >= 0.3 is 18.9 Å². The monoisotopic (exact) mass is 174 g/mol. The van der Waals surface area contributed by atoms with Crippen molar-refractivity contribution in [3.8, 4) is 0 Å². The molecule has 0 aliphatic carbocycles. The van der Waals surface area contributed by atoms with Crippen LogP contribution in [0.25, 0.3) is 0 Å². The number of hydrogen-bond acceptors (Lipinski definition) is 2. The fourth-order valence-corrected chi connectivity index (χ4v) is 1.17. The minimum Gasteiger partial charge on any atom is -0.503 e. The minimum atomic E-state index is -0.904. The Balaban J connectivity index is 0.00000121. The van der Waals surface area contributed by atoms with Crippen LogP contribution < -0.4 is 18.9 Å². The SMILES string of the molecule is O=C(O)[CH-]Sc1ccccc1.[Li+]. The molecule has 1 aromatic carbocycles. The second-order valence-electron chi connectivity index (χ2n) is 1.89. The summed E-state index contributed by atoms with van der Waals surface area (Å²) in [5.41, 5.74) is 0. The third-order valence-electron chi connectivity index (χ3n) is 1.04. The molecule has 2 nitrogen and oxygen atoms in total. The number of benzene rings is 1. The van der Waals surface area contributed by atoms with Gasteiger partial charge in [-0.25, -0.2) is 5.75 Å². The van der Waals surface area contributed by atoms with E-state index in [1.54, 1.807) is 0 Å². The minimum absolute atomic E-state index is 0. The van der Waals surface area contributed by atoms with Crippen molar-refractivity contribution >= 4 is 17.7 Å². The molecule has 1 aromatic rings. The molecule has 0 aromatic heterocycles. The van der Waals surface area contributed by atoms with E-state index < -0.39 is 5.97 Å². The fourth-order valence-electron chi connectivity index (χ4n) is 0.618. The Bertz CT molecular complexity index is 238. The molecule has 1 N–H and O–H groups in total. The summed E-state index contributed by atoms with van der Waals surface area (Å²) < 4.78 is 0. The molecule has 0 amide bonds. The van der Waals surface area contributed by atoms with E-state index in [2.05, 4.69) is 0 Å². The first-order valence-corrected chi connectivity index (χ1v) is 3.95. The van der Waals surface area contributed by atoms with Gasteiger partial charge in [0.2, 0.25) is 0 Å². The van der Waals surface area contributed by atoms with E-state index in [9.17, 15) is 4.79 Å². The van der Waals surface area contributed by atoms with Gasteiger partial charge in [-0.2, -0.15) is 0 Å². The van der Waals surface area contributed by atoms with E-state index >= 15 is 0 Å². The zero-order valence-electron chi connectivity index (χ0n) is 6.73. The zero-order valence-corrected chi connectivity index (χ0v) is 7.54. The van der Waals surface area contributed by atoms with Gasteiger partial charge < -0.3 is 5.11 Å². The molecule has 0 atom stereocenters. The number of hydrogen-bond donors (Lipinski definition) is 1. The first-order valence-electron chi connectivity index (χ1n) is 3.07. The molecule has 4 heteroatoms. The molecule has 0 radical (unpaired) electrons. The van der Waals surface area contributed by atoms with Crippen molar-refractivity contribution in [2.45, 2.75) is 4.90 Å². The summed E-state index contributed by atoms with van der Waals surface area (Å²) in [5, 5.41) is 8.30. The van der Waals surface area contributed by atoms with E-state index in [0.717, 1.165) is 10.6 Å². The fraction of sp³-hybridized carbons (Fsp3) is 0. The first-order chi connectivity index (χ1) is 5.29. The molecule has 0 fully saturated rings. The van der Waals surface area contributed by atoms with Crippen LogP contribution >= 0.6 is 11.8 Å². The Labute approximate surface area is 87.5 Å². The summed E-state index contributed by atoms with van der Waals surface area (Å²) in [7, 11) is 0. The van der Waals surface area contributed by atoms with Crippen LogP contribution in [0.2, 0.25) is 0 Å². The number of rotatable bonds is 3. The van der Waals surface area contributed by atoms with E-state index in [4.69, 9.17) is 5.11 Å². The molecule has 0 aliphatic heterocycles. The van der Waals surface area contributed by atoms with E-state index in [0.29, 0.717) is 0 Å². The van der Waals surface area contributed by atoms with Crippen LogP contribution in [0, 0.1) is 5.75 Å². The summed E-state index contributed by atoms with van der Waals surface area (Å²) in [6.45, 7) is 0. The molecule has 0 saturated heterocycles. The molecule has 0 aliphatic rings. The van der Waals surface area contributed by atoms with Gasteiger partial charge in [0.25, 0.3) is 0 Å². The van der Waals surface area contributed by atoms with Crippen LogP contribution in [0.15, 0.2) is 35.2 Å². The molecule has 0 spiro atoms. The zero-order chi connectivity index (χ0) is 8.10. The van der Waals surface area contributed by atoms with Gasteiger partial charge in [-0.3, -0.25) is 16.6 Å². The molecule has 58 valence electrons. The summed E-state index contributed by atoms with van der Waals surface area (Å²) >= 11 is 1.20. The van der Waals surface area contributed by atoms with Crippen molar-refractivity contribution in [2.75, 3.05) is 0 Å². The van der Waals surface area contributed by atoms with Crippen molar-refractivity contribution in [1.82, 2.24) is 0 Å². The molecule has 0 bridgehead atoms. The number of carboxylic acid groups (broad SMARTS) is 1. The van der Waals surface area contributed by atoms with Gasteiger partial charge in [-0.1, -0.05) is 30.3 Å². The quantitative estimate of drug-likeness (QED) is 0.364. The number of thioether (sulfide) groups is 1. The van der Waals surface area contributed by atoms with Gasteiger partial charge in [0.05, 0.1) is 0 Å². The van der Waals surface area contributed by atoms with Crippen molar-refractivity contribution in [3.05, 3.63) is 36.1 Å². The molecular weight excluding hydrogens is 167 g/mol. The van der Waals surface area contributed by atoms with Crippen molar-refractivity contribution in [2.24, 2.45) is 0 Å². The Morgan fingerprint density at radius 1 is 1.33 bits per heavy atom. The summed E-state index contributed by atoms with van der Waals surface area (Å²) in [4.78, 5) is 11.0. The summed E-state index contributed by atoms with van der Waals surface area (Å²) in [6, 6.07) is 9.37. The topological polar surface area (TPSA) is 37.3 Å². The number of carbonyl (C=O) groups is 1. The van der Waals surface area contributed by atoms with Gasteiger partial charge in [0.15, 0.2) is 5.97 Å². The molecule has 0 unspecified atom stereocenters. The van der Waals surface area contributed by atoms with Gasteiger partial charge in [0.1, 0.15) is 0 Å². The standard InChI is InChI=1S/C8H7O2S.Li/c9-8(10)6-11-7-4-2-1-3-5-7;/h1-6H,(H,9,10);/q-1;+1. The predicted octanol–water partition coefficient (Wildman–Crippen LogP) is -0.971. The van der Waals surface area contributed by atoms with Crippen LogP contribution in [-0.4, -0.2) is 11.1 Å². The first kappa shape index (κ1) is 11.5. The van der Waals surface area contributed by atoms with Gasteiger partial charge in [-0.15, -0.1) is 0 Å². The predicted molar refractivity (Wildman–Crippen MR) is 44.2 cm³/mol. The largest absolute Gasteiger partial charge is 1.00 e. The summed E-state index contributed by atoms with van der Waals surface area (Å²) in [6.07, 6.45) is 0. The van der Waals surface area contributed by atoms with Crippen LogP contribution in [0.5, 0.6) is 0 Å². The van der Waals surface area contributed by atoms with Crippen molar-refractivity contribution in [1.29, 1.82) is 0 Å². The molecule has 0 saturated carbocycles. The number of carboxylic acids is 1. The second-order valence-corrected chi connectivity index (χ2v) is 2.83. The maximum absolute atomic E-state index is 10.1. The van der Waals surface area contributed by atoms with E-state index in [-0.39, 0.29) is 18.9 Å². The molecule has 0 heterocycles. The normalized spacial score (nSPS) is 8.33. The Hall–Kier alpha value is -0.493. The van der Waals surface area contributed by atoms with Crippen molar-refractivity contribution < 1.29 is 28.8 Å². The molecular formula is C8H7LiO2S. The van der Waals surface area contributed by atoms with Crippen LogP contribution in [0.4, 0.5) is 0 Å². The average molecular weight is 174 g/mol. The van der Waals surface area contributed by atoms with Crippen LogP contribution in [0.3, 0.4) is 0 Å². The van der Waals surface area contributed by atoms with E-state index in [1.807, 2.05) is 30.3 Å². The molecule has 12 heavy (non-hydrogen) atoms. The molecule has 1 rings (SSSR count). The van der Waals surface area contributed by atoms with Gasteiger partial charge in [-0.05, 0) is 4.90 Å². The third-order valence-corrected chi connectivity index (χ3v) is 1.90. The van der Waals surface area contributed by atoms with Crippen LogP contribution in [-0.2, 0) is 4.79 Å². The Morgan fingerprint density at radius 2 is 1.92 bits per heavy atom. The smallest absolute Gasteiger partial charge is 0.503 e. The number of aliphatic carboxylic acids is 1. The Kier molecular flexibility index (Phi) is 5.82. The van der Waals surface area contributed by atoms with Crippen LogP contribution in [0.1, 0.15) is 0 Å². The Morgan fingerprint density at radius 3 is 2.42 bits per heavy atom. The third kappa shape index (κ3) is 4.40. The maximum Gasteiger partial charge on any atom is 1.00 e. The van der Waals surface area contributed by atoms with E-state index in [1.165, 1.54) is 11.8 Å². The maximum atomic E-state index is 10.1. The summed E-state index contributed by atoms with van der Waals surface area (Å²) in [5.74, 6) is 0.258. The van der Waals surface area contributed by atoms with Crippen molar-refractivity contribution in [3.63, 3.8) is 0 Å². The average Bonchev–Trinajstić information content (AvgIpc) is 2.03. The second kappa shape index (κ2) is 6.07. The van der Waals surface area contributed by atoms with Gasteiger partial charge in [0, 0.05) is 0 Å².